The van der Waals surface area contributed by atoms with Gasteiger partial charge in [0.1, 0.15) is 0 Å². The van der Waals surface area contributed by atoms with Crippen molar-refractivity contribution in [2.45, 2.75) is 6.18 Å². The standard InChI is InChI=1S/C13H7Br2F3/c14-11-5-9(6-12(15)7-11)8-1-3-10(4-2-8)13(16,17)18/h1-7H. The van der Waals surface area contributed by atoms with Crippen molar-refractivity contribution in [1.82, 2.24) is 0 Å². The highest BCUT2D eigenvalue weighted by Gasteiger charge is 2.29. The van der Waals surface area contributed by atoms with Crippen molar-refractivity contribution in [1.29, 1.82) is 0 Å². The highest BCUT2D eigenvalue weighted by molar-refractivity contribution is 9.11. The van der Waals surface area contributed by atoms with E-state index in [1.807, 2.05) is 18.2 Å². The number of benzene rings is 2. The molecular weight excluding hydrogens is 373 g/mol. The molecule has 0 aromatic heterocycles. The smallest absolute Gasteiger partial charge is 0.166 e. The quantitative estimate of drug-likeness (QED) is 0.578. The molecule has 2 aromatic rings. The fourth-order valence-corrected chi connectivity index (χ4v) is 2.87. The molecule has 5 heteroatoms. The van der Waals surface area contributed by atoms with Gasteiger partial charge in [0.25, 0.3) is 0 Å². The Hall–Kier alpha value is -0.810. The van der Waals surface area contributed by atoms with E-state index in [1.165, 1.54) is 12.1 Å². The Balaban J connectivity index is 2.40. The van der Waals surface area contributed by atoms with Gasteiger partial charge >= 0.3 is 6.18 Å². The molecule has 2 aromatic carbocycles. The first kappa shape index (κ1) is 13.6. The van der Waals surface area contributed by atoms with Crippen LogP contribution in [-0.4, -0.2) is 0 Å². The van der Waals surface area contributed by atoms with Gasteiger partial charge in [-0.05, 0) is 41.5 Å². The lowest BCUT2D eigenvalue weighted by Gasteiger charge is -2.08. The van der Waals surface area contributed by atoms with E-state index < -0.39 is 11.7 Å². The van der Waals surface area contributed by atoms with Crippen LogP contribution >= 0.6 is 31.9 Å². The van der Waals surface area contributed by atoms with Gasteiger partial charge in [-0.15, -0.1) is 0 Å². The maximum atomic E-state index is 12.4. The Bertz CT molecular complexity index is 539. The highest BCUT2D eigenvalue weighted by atomic mass is 79.9. The lowest BCUT2D eigenvalue weighted by molar-refractivity contribution is -0.137. The van der Waals surface area contributed by atoms with Gasteiger partial charge < -0.3 is 0 Å². The third-order valence-electron chi connectivity index (χ3n) is 2.41. The van der Waals surface area contributed by atoms with Gasteiger partial charge in [-0.1, -0.05) is 44.0 Å². The minimum Gasteiger partial charge on any atom is -0.166 e. The SMILES string of the molecule is FC(F)(F)c1ccc(-c2cc(Br)cc(Br)c2)cc1. The first-order valence-corrected chi connectivity index (χ1v) is 6.58. The zero-order valence-corrected chi connectivity index (χ0v) is 12.1. The van der Waals surface area contributed by atoms with E-state index in [0.29, 0.717) is 0 Å². The summed E-state index contributed by atoms with van der Waals surface area (Å²) in [7, 11) is 0. The van der Waals surface area contributed by atoms with Crippen molar-refractivity contribution in [3.05, 3.63) is 57.0 Å². The van der Waals surface area contributed by atoms with E-state index in [-0.39, 0.29) is 0 Å². The van der Waals surface area contributed by atoms with Gasteiger partial charge in [-0.2, -0.15) is 13.2 Å². The molecule has 0 fully saturated rings. The highest BCUT2D eigenvalue weighted by Crippen LogP contribution is 2.32. The lowest BCUT2D eigenvalue weighted by atomic mass is 10.0. The molecule has 0 saturated heterocycles. The van der Waals surface area contributed by atoms with Crippen molar-refractivity contribution < 1.29 is 13.2 Å². The van der Waals surface area contributed by atoms with Crippen LogP contribution in [0.1, 0.15) is 5.56 Å². The van der Waals surface area contributed by atoms with Crippen molar-refractivity contribution >= 4 is 31.9 Å². The predicted octanol–water partition coefficient (Wildman–Crippen LogP) is 5.90. The van der Waals surface area contributed by atoms with Crippen molar-refractivity contribution in [2.75, 3.05) is 0 Å². The summed E-state index contributed by atoms with van der Waals surface area (Å²) in [5, 5.41) is 0. The molecule has 0 spiro atoms. The van der Waals surface area contributed by atoms with Gasteiger partial charge in [0.2, 0.25) is 0 Å². The number of hydrogen-bond donors (Lipinski definition) is 0. The Morgan fingerprint density at radius 3 is 1.67 bits per heavy atom. The molecule has 94 valence electrons. The second-order valence-electron chi connectivity index (χ2n) is 3.73. The average molecular weight is 380 g/mol. The second kappa shape index (κ2) is 5.05. The van der Waals surface area contributed by atoms with Crippen LogP contribution in [0, 0.1) is 0 Å². The maximum absolute atomic E-state index is 12.4. The maximum Gasteiger partial charge on any atom is 0.416 e. The fraction of sp³-hybridized carbons (Fsp3) is 0.0769. The van der Waals surface area contributed by atoms with E-state index in [2.05, 4.69) is 31.9 Å². The summed E-state index contributed by atoms with van der Waals surface area (Å²) in [5.41, 5.74) is 0.954. The summed E-state index contributed by atoms with van der Waals surface area (Å²) < 4.78 is 39.0. The molecule has 0 saturated carbocycles. The topological polar surface area (TPSA) is 0 Å². The Morgan fingerprint density at radius 2 is 1.22 bits per heavy atom. The summed E-state index contributed by atoms with van der Waals surface area (Å²) in [4.78, 5) is 0. The number of alkyl halides is 3. The van der Waals surface area contributed by atoms with Gasteiger partial charge in [-0.25, -0.2) is 0 Å². The molecule has 0 atom stereocenters. The van der Waals surface area contributed by atoms with Crippen LogP contribution in [0.25, 0.3) is 11.1 Å². The van der Waals surface area contributed by atoms with Gasteiger partial charge in [0.05, 0.1) is 5.56 Å². The first-order chi connectivity index (χ1) is 8.36. The van der Waals surface area contributed by atoms with E-state index in [0.717, 1.165) is 32.2 Å². The summed E-state index contributed by atoms with van der Waals surface area (Å²) in [6, 6.07) is 10.7. The fourth-order valence-electron chi connectivity index (χ4n) is 1.57. The molecule has 0 aliphatic rings. The zero-order valence-electron chi connectivity index (χ0n) is 8.93. The van der Waals surface area contributed by atoms with E-state index in [1.54, 1.807) is 0 Å². The second-order valence-corrected chi connectivity index (χ2v) is 5.56. The number of rotatable bonds is 1. The van der Waals surface area contributed by atoms with Crippen LogP contribution in [0.4, 0.5) is 13.2 Å². The normalized spacial score (nSPS) is 11.6. The zero-order chi connectivity index (χ0) is 13.3. The van der Waals surface area contributed by atoms with E-state index in [9.17, 15) is 13.2 Å². The monoisotopic (exact) mass is 378 g/mol. The molecular formula is C13H7Br2F3. The average Bonchev–Trinajstić information content (AvgIpc) is 2.27. The molecule has 18 heavy (non-hydrogen) atoms. The van der Waals surface area contributed by atoms with Gasteiger partial charge in [-0.3, -0.25) is 0 Å². The third-order valence-corrected chi connectivity index (χ3v) is 3.32. The Kier molecular flexibility index (Phi) is 3.82. The minimum atomic E-state index is -4.30. The van der Waals surface area contributed by atoms with Crippen molar-refractivity contribution in [3.63, 3.8) is 0 Å². The molecule has 0 nitrogen and oxygen atoms in total. The van der Waals surface area contributed by atoms with Crippen LogP contribution in [0.5, 0.6) is 0 Å². The van der Waals surface area contributed by atoms with Crippen LogP contribution in [0.3, 0.4) is 0 Å². The Morgan fingerprint density at radius 1 is 0.722 bits per heavy atom. The predicted molar refractivity (Wildman–Crippen MR) is 72.3 cm³/mol. The molecule has 0 N–H and O–H groups in total. The lowest BCUT2D eigenvalue weighted by Crippen LogP contribution is -2.03. The molecule has 2 rings (SSSR count). The largest absolute Gasteiger partial charge is 0.416 e. The minimum absolute atomic E-state index is 0.639. The first-order valence-electron chi connectivity index (χ1n) is 5.00. The van der Waals surface area contributed by atoms with Crippen molar-refractivity contribution in [2.24, 2.45) is 0 Å². The summed E-state index contributed by atoms with van der Waals surface area (Å²) >= 11 is 6.69. The molecule has 0 bridgehead atoms. The molecule has 0 aliphatic carbocycles. The third kappa shape index (κ3) is 3.14. The summed E-state index contributed by atoms with van der Waals surface area (Å²) in [6.07, 6.45) is -4.30. The summed E-state index contributed by atoms with van der Waals surface area (Å²) in [6.45, 7) is 0. The van der Waals surface area contributed by atoms with Crippen LogP contribution in [0.2, 0.25) is 0 Å². The molecule has 0 unspecified atom stereocenters. The van der Waals surface area contributed by atoms with Gasteiger partial charge in [0.15, 0.2) is 0 Å². The Labute approximate surface area is 119 Å². The molecule has 0 aliphatic heterocycles. The molecule has 0 heterocycles. The van der Waals surface area contributed by atoms with E-state index >= 15 is 0 Å². The number of halogens is 5. The number of hydrogen-bond acceptors (Lipinski definition) is 0. The van der Waals surface area contributed by atoms with Crippen LogP contribution in [0.15, 0.2) is 51.4 Å². The van der Waals surface area contributed by atoms with E-state index in [4.69, 9.17) is 0 Å². The molecule has 0 amide bonds. The van der Waals surface area contributed by atoms with Crippen LogP contribution < -0.4 is 0 Å². The van der Waals surface area contributed by atoms with Gasteiger partial charge in [0, 0.05) is 8.95 Å². The molecule has 0 radical (unpaired) electrons. The summed E-state index contributed by atoms with van der Waals surface area (Å²) in [5.74, 6) is 0. The van der Waals surface area contributed by atoms with Crippen molar-refractivity contribution in [3.8, 4) is 11.1 Å². The van der Waals surface area contributed by atoms with Crippen LogP contribution in [-0.2, 0) is 6.18 Å².